The highest BCUT2D eigenvalue weighted by Crippen LogP contribution is 2.20. The Morgan fingerprint density at radius 2 is 1.84 bits per heavy atom. The molecule has 0 aliphatic rings. The highest BCUT2D eigenvalue weighted by molar-refractivity contribution is 7.99. The number of aromatic nitrogens is 4. The number of hydrogen-bond acceptors (Lipinski definition) is 6. The van der Waals surface area contributed by atoms with Crippen LogP contribution in [-0.2, 0) is 4.79 Å². The predicted octanol–water partition coefficient (Wildman–Crippen LogP) is 2.80. The lowest BCUT2D eigenvalue weighted by atomic mass is 10.1. The molecule has 2 heterocycles. The van der Waals surface area contributed by atoms with Crippen LogP contribution in [0.5, 0.6) is 0 Å². The molecule has 1 amide bonds. The van der Waals surface area contributed by atoms with Crippen molar-refractivity contribution in [2.24, 2.45) is 0 Å². The van der Waals surface area contributed by atoms with Gasteiger partial charge in [0.25, 0.3) is 0 Å². The summed E-state index contributed by atoms with van der Waals surface area (Å²) in [5, 5.41) is 10.1. The number of anilines is 1. The summed E-state index contributed by atoms with van der Waals surface area (Å²) in [6.07, 6.45) is 3.36. The Morgan fingerprint density at radius 3 is 2.52 bits per heavy atom. The molecule has 126 valence electrons. The van der Waals surface area contributed by atoms with Crippen molar-refractivity contribution in [3.63, 3.8) is 0 Å². The Hall–Kier alpha value is -3.00. The zero-order chi connectivity index (χ0) is 17.6. The second kappa shape index (κ2) is 7.71. The first kappa shape index (κ1) is 16.8. The smallest absolute Gasteiger partial charge is 0.221 e. The minimum absolute atomic E-state index is 0.0327. The Balaban J connectivity index is 1.59. The molecule has 0 aliphatic carbocycles. The summed E-state index contributed by atoms with van der Waals surface area (Å²) in [5.74, 6) is 0.684. The van der Waals surface area contributed by atoms with Crippen molar-refractivity contribution in [1.82, 2.24) is 20.2 Å². The average molecular weight is 353 g/mol. The van der Waals surface area contributed by atoms with Crippen molar-refractivity contribution < 1.29 is 9.59 Å². The first-order valence-electron chi connectivity index (χ1n) is 7.48. The fourth-order valence-electron chi connectivity index (χ4n) is 2.11. The van der Waals surface area contributed by atoms with Gasteiger partial charge in [-0.05, 0) is 36.4 Å². The molecule has 2 N–H and O–H groups in total. The first-order chi connectivity index (χ1) is 12.1. The van der Waals surface area contributed by atoms with Crippen LogP contribution in [0, 0.1) is 0 Å². The molecule has 1 aromatic carbocycles. The molecule has 0 bridgehead atoms. The number of benzene rings is 1. The second-order valence-electron chi connectivity index (χ2n) is 5.17. The number of carbonyl (C=O) groups is 2. The fraction of sp³-hybridized carbons (Fsp3) is 0.118. The number of aromatic amines is 1. The van der Waals surface area contributed by atoms with Crippen LogP contribution >= 0.6 is 11.8 Å². The molecule has 3 rings (SSSR count). The number of hydrogen-bond donors (Lipinski definition) is 2. The zero-order valence-electron chi connectivity index (χ0n) is 13.4. The summed E-state index contributed by atoms with van der Waals surface area (Å²) >= 11 is 1.27. The van der Waals surface area contributed by atoms with Gasteiger partial charge in [0, 0.05) is 36.1 Å². The van der Waals surface area contributed by atoms with E-state index in [4.69, 9.17) is 0 Å². The van der Waals surface area contributed by atoms with Gasteiger partial charge >= 0.3 is 0 Å². The Bertz CT molecular complexity index is 878. The van der Waals surface area contributed by atoms with Crippen LogP contribution in [0.15, 0.2) is 53.9 Å². The maximum Gasteiger partial charge on any atom is 0.221 e. The minimum atomic E-state index is -0.149. The largest absolute Gasteiger partial charge is 0.326 e. The van der Waals surface area contributed by atoms with E-state index in [2.05, 4.69) is 25.5 Å². The molecule has 0 aliphatic heterocycles. The molecule has 0 unspecified atom stereocenters. The molecular weight excluding hydrogens is 338 g/mol. The number of Topliss-reactive ketones (excluding diaryl/α,β-unsaturated/α-hetero) is 1. The number of thioether (sulfide) groups is 1. The van der Waals surface area contributed by atoms with E-state index in [0.717, 1.165) is 5.56 Å². The van der Waals surface area contributed by atoms with Crippen LogP contribution < -0.4 is 5.32 Å². The van der Waals surface area contributed by atoms with Crippen molar-refractivity contribution in [1.29, 1.82) is 0 Å². The number of nitrogens with zero attached hydrogens (tertiary/aromatic N) is 3. The van der Waals surface area contributed by atoms with Crippen molar-refractivity contribution in [3.05, 3.63) is 54.4 Å². The lowest BCUT2D eigenvalue weighted by Gasteiger charge is -2.03. The number of ketones is 1. The van der Waals surface area contributed by atoms with Gasteiger partial charge in [-0.1, -0.05) is 11.8 Å². The quantitative estimate of drug-likeness (QED) is 0.522. The van der Waals surface area contributed by atoms with E-state index in [1.807, 2.05) is 12.1 Å². The van der Waals surface area contributed by atoms with Crippen LogP contribution in [0.3, 0.4) is 0 Å². The van der Waals surface area contributed by atoms with Crippen LogP contribution in [0.2, 0.25) is 0 Å². The molecule has 7 nitrogen and oxygen atoms in total. The number of carbonyl (C=O) groups excluding carboxylic acids is 2. The Kier molecular flexibility index (Phi) is 5.20. The number of H-pyrrole nitrogens is 1. The van der Waals surface area contributed by atoms with Gasteiger partial charge in [0.2, 0.25) is 11.1 Å². The normalized spacial score (nSPS) is 10.4. The third kappa shape index (κ3) is 4.51. The molecular formula is C17H15N5O2S. The molecule has 0 spiro atoms. The standard InChI is InChI=1S/C17H15N5O2S/c1-11(23)19-14-4-2-12(3-5-14)15(24)10-25-17-20-16(21-22-17)13-6-8-18-9-7-13/h2-9H,10H2,1H3,(H,19,23)(H,20,21,22). The number of rotatable bonds is 6. The number of amides is 1. The van der Waals surface area contributed by atoms with Crippen molar-refractivity contribution in [2.45, 2.75) is 12.1 Å². The van der Waals surface area contributed by atoms with Crippen LogP contribution in [0.1, 0.15) is 17.3 Å². The van der Waals surface area contributed by atoms with Gasteiger partial charge in [-0.2, -0.15) is 0 Å². The maximum absolute atomic E-state index is 12.2. The summed E-state index contributed by atoms with van der Waals surface area (Å²) in [4.78, 5) is 31.6. The lowest BCUT2D eigenvalue weighted by molar-refractivity contribution is -0.114. The molecule has 25 heavy (non-hydrogen) atoms. The van der Waals surface area contributed by atoms with E-state index in [9.17, 15) is 9.59 Å². The van der Waals surface area contributed by atoms with Crippen molar-refractivity contribution in [3.8, 4) is 11.4 Å². The number of nitrogens with one attached hydrogen (secondary N) is 2. The Labute approximate surface area is 148 Å². The minimum Gasteiger partial charge on any atom is -0.326 e. The van der Waals surface area contributed by atoms with Crippen LogP contribution in [-0.4, -0.2) is 37.6 Å². The molecule has 0 saturated heterocycles. The van der Waals surface area contributed by atoms with Gasteiger partial charge in [0.05, 0.1) is 5.75 Å². The highest BCUT2D eigenvalue weighted by atomic mass is 32.2. The van der Waals surface area contributed by atoms with E-state index in [1.54, 1.807) is 36.7 Å². The zero-order valence-corrected chi connectivity index (χ0v) is 14.2. The van der Waals surface area contributed by atoms with E-state index >= 15 is 0 Å². The topological polar surface area (TPSA) is 101 Å². The van der Waals surface area contributed by atoms with Crippen LogP contribution in [0.4, 0.5) is 5.69 Å². The summed E-state index contributed by atoms with van der Waals surface area (Å²) in [7, 11) is 0. The summed E-state index contributed by atoms with van der Waals surface area (Å²) in [6.45, 7) is 1.44. The molecule has 0 radical (unpaired) electrons. The molecule has 0 atom stereocenters. The third-order valence-corrected chi connectivity index (χ3v) is 4.13. The van der Waals surface area contributed by atoms with E-state index in [0.29, 0.717) is 22.2 Å². The fourth-order valence-corrected chi connectivity index (χ4v) is 2.80. The molecule has 8 heteroatoms. The van der Waals surface area contributed by atoms with E-state index in [-0.39, 0.29) is 17.4 Å². The molecule has 2 aromatic heterocycles. The molecule has 0 fully saturated rings. The predicted molar refractivity (Wildman–Crippen MR) is 95.4 cm³/mol. The van der Waals surface area contributed by atoms with E-state index in [1.165, 1.54) is 18.7 Å². The third-order valence-electron chi connectivity index (χ3n) is 3.28. The lowest BCUT2D eigenvalue weighted by Crippen LogP contribution is -2.07. The summed E-state index contributed by atoms with van der Waals surface area (Å²) in [6, 6.07) is 10.4. The second-order valence-corrected chi connectivity index (χ2v) is 6.12. The molecule has 3 aromatic rings. The monoisotopic (exact) mass is 353 g/mol. The number of pyridine rings is 1. The molecule has 0 saturated carbocycles. The van der Waals surface area contributed by atoms with Crippen molar-refractivity contribution in [2.75, 3.05) is 11.1 Å². The van der Waals surface area contributed by atoms with Crippen molar-refractivity contribution >= 4 is 29.1 Å². The first-order valence-corrected chi connectivity index (χ1v) is 8.47. The highest BCUT2D eigenvalue weighted by Gasteiger charge is 2.11. The van der Waals surface area contributed by atoms with Gasteiger partial charge in [-0.25, -0.2) is 4.98 Å². The van der Waals surface area contributed by atoms with Gasteiger partial charge in [-0.15, -0.1) is 5.10 Å². The van der Waals surface area contributed by atoms with Gasteiger partial charge in [0.15, 0.2) is 11.6 Å². The summed E-state index contributed by atoms with van der Waals surface area (Å²) in [5.41, 5.74) is 2.12. The van der Waals surface area contributed by atoms with E-state index < -0.39 is 0 Å². The maximum atomic E-state index is 12.2. The van der Waals surface area contributed by atoms with Gasteiger partial charge < -0.3 is 5.32 Å². The van der Waals surface area contributed by atoms with Gasteiger partial charge in [0.1, 0.15) is 0 Å². The van der Waals surface area contributed by atoms with Crippen LogP contribution in [0.25, 0.3) is 11.4 Å². The van der Waals surface area contributed by atoms with Gasteiger partial charge in [-0.3, -0.25) is 19.7 Å². The Morgan fingerprint density at radius 1 is 1.12 bits per heavy atom. The SMILES string of the molecule is CC(=O)Nc1ccc(C(=O)CSc2n[nH]c(-c3ccncc3)n2)cc1. The average Bonchev–Trinajstić information content (AvgIpc) is 3.10. The summed E-state index contributed by atoms with van der Waals surface area (Å²) < 4.78 is 0.